The monoisotopic (exact) mass is 232 g/mol. The van der Waals surface area contributed by atoms with Crippen molar-refractivity contribution in [2.75, 3.05) is 13.1 Å². The van der Waals surface area contributed by atoms with Gasteiger partial charge >= 0.3 is 0 Å². The Hall–Kier alpha value is -1.80. The number of amides is 1. The van der Waals surface area contributed by atoms with E-state index < -0.39 is 0 Å². The Kier molecular flexibility index (Phi) is 3.45. The van der Waals surface area contributed by atoms with Crippen LogP contribution in [-0.4, -0.2) is 30.0 Å². The summed E-state index contributed by atoms with van der Waals surface area (Å²) in [4.78, 5) is 14.9. The van der Waals surface area contributed by atoms with E-state index in [1.165, 1.54) is 0 Å². The average molecular weight is 232 g/mol. The fourth-order valence-electron chi connectivity index (χ4n) is 2.03. The zero-order chi connectivity index (χ0) is 12.3. The van der Waals surface area contributed by atoms with Crippen LogP contribution in [-0.2, 0) is 0 Å². The van der Waals surface area contributed by atoms with Crippen molar-refractivity contribution in [3.8, 4) is 6.07 Å². The number of aromatic nitrogens is 1. The highest BCUT2D eigenvalue weighted by molar-refractivity contribution is 5.93. The Balaban J connectivity index is 2.01. The van der Waals surface area contributed by atoms with E-state index >= 15 is 0 Å². The highest BCUT2D eigenvalue weighted by atomic mass is 16.1. The number of carbonyl (C=O) groups is 1. The zero-order valence-corrected chi connectivity index (χ0v) is 9.84. The predicted octanol–water partition coefficient (Wildman–Crippen LogP) is 0.677. The summed E-state index contributed by atoms with van der Waals surface area (Å²) in [7, 11) is 0. The molecule has 0 aromatic carbocycles. The zero-order valence-electron chi connectivity index (χ0n) is 9.84. The second kappa shape index (κ2) is 5.02. The molecule has 0 atom stereocenters. The van der Waals surface area contributed by atoms with Crippen LogP contribution in [0.4, 0.5) is 0 Å². The van der Waals surface area contributed by atoms with Crippen molar-refractivity contribution in [2.45, 2.75) is 25.8 Å². The van der Waals surface area contributed by atoms with Gasteiger partial charge in [-0.15, -0.1) is 0 Å². The van der Waals surface area contributed by atoms with Gasteiger partial charge < -0.3 is 15.6 Å². The van der Waals surface area contributed by atoms with E-state index in [-0.39, 0.29) is 11.9 Å². The summed E-state index contributed by atoms with van der Waals surface area (Å²) in [6.45, 7) is 3.68. The van der Waals surface area contributed by atoms with Gasteiger partial charge in [0.05, 0.1) is 5.56 Å². The molecule has 90 valence electrons. The molecule has 1 aliphatic heterocycles. The summed E-state index contributed by atoms with van der Waals surface area (Å²) in [5.74, 6) is -0.124. The minimum Gasteiger partial charge on any atom is -0.354 e. The number of hydrogen-bond acceptors (Lipinski definition) is 3. The molecule has 0 aliphatic carbocycles. The third-order valence-corrected chi connectivity index (χ3v) is 3.05. The number of aryl methyl sites for hydroxylation is 1. The van der Waals surface area contributed by atoms with Gasteiger partial charge in [0, 0.05) is 11.7 Å². The van der Waals surface area contributed by atoms with Crippen LogP contribution in [0.5, 0.6) is 0 Å². The number of piperidine rings is 1. The van der Waals surface area contributed by atoms with Crippen LogP contribution in [0, 0.1) is 18.3 Å². The molecular formula is C12H16N4O. The van der Waals surface area contributed by atoms with E-state index in [0.29, 0.717) is 11.3 Å². The number of nitrogens with one attached hydrogen (secondary N) is 3. The third kappa shape index (κ3) is 2.66. The molecule has 1 aliphatic rings. The van der Waals surface area contributed by atoms with Crippen molar-refractivity contribution >= 4 is 5.91 Å². The van der Waals surface area contributed by atoms with Gasteiger partial charge in [0.1, 0.15) is 11.8 Å². The molecule has 3 N–H and O–H groups in total. The summed E-state index contributed by atoms with van der Waals surface area (Å²) >= 11 is 0. The van der Waals surface area contributed by atoms with Crippen LogP contribution in [0.15, 0.2) is 6.07 Å². The van der Waals surface area contributed by atoms with Crippen molar-refractivity contribution in [3.63, 3.8) is 0 Å². The van der Waals surface area contributed by atoms with E-state index in [1.807, 2.05) is 0 Å². The Morgan fingerprint density at radius 3 is 2.82 bits per heavy atom. The molecule has 2 rings (SSSR count). The van der Waals surface area contributed by atoms with Crippen LogP contribution < -0.4 is 10.6 Å². The lowest BCUT2D eigenvalue weighted by Gasteiger charge is -2.23. The van der Waals surface area contributed by atoms with E-state index in [2.05, 4.69) is 21.7 Å². The van der Waals surface area contributed by atoms with E-state index in [4.69, 9.17) is 5.26 Å². The number of nitriles is 1. The minimum absolute atomic E-state index is 0.124. The molecule has 5 nitrogen and oxygen atoms in total. The summed E-state index contributed by atoms with van der Waals surface area (Å²) in [6.07, 6.45) is 1.91. The van der Waals surface area contributed by atoms with Crippen LogP contribution in [0.1, 0.15) is 34.6 Å². The lowest BCUT2D eigenvalue weighted by molar-refractivity contribution is 0.0925. The van der Waals surface area contributed by atoms with Crippen molar-refractivity contribution in [1.29, 1.82) is 5.26 Å². The molecule has 0 saturated carbocycles. The first-order valence-corrected chi connectivity index (χ1v) is 5.82. The Morgan fingerprint density at radius 1 is 1.53 bits per heavy atom. The maximum atomic E-state index is 11.9. The summed E-state index contributed by atoms with van der Waals surface area (Å²) in [5.41, 5.74) is 1.74. The van der Waals surface area contributed by atoms with Crippen molar-refractivity contribution in [3.05, 3.63) is 23.0 Å². The molecule has 17 heavy (non-hydrogen) atoms. The standard InChI is InChI=1S/C12H16N4O/c1-8-9(7-13)6-11(15-8)12(17)16-10-2-4-14-5-3-10/h6,10,14-15H,2-5H2,1H3,(H,16,17). The molecular weight excluding hydrogens is 216 g/mol. The van der Waals surface area contributed by atoms with Crippen LogP contribution in [0.2, 0.25) is 0 Å². The smallest absolute Gasteiger partial charge is 0.267 e. The summed E-state index contributed by atoms with van der Waals surface area (Å²) < 4.78 is 0. The van der Waals surface area contributed by atoms with Gasteiger partial charge in [-0.3, -0.25) is 4.79 Å². The van der Waals surface area contributed by atoms with Crippen LogP contribution in [0.3, 0.4) is 0 Å². The lowest BCUT2D eigenvalue weighted by atomic mass is 10.1. The number of aromatic amines is 1. The Morgan fingerprint density at radius 2 is 2.24 bits per heavy atom. The van der Waals surface area contributed by atoms with Gasteiger partial charge in [-0.25, -0.2) is 0 Å². The summed E-state index contributed by atoms with van der Waals surface area (Å²) in [5, 5.41) is 15.1. The topological polar surface area (TPSA) is 80.7 Å². The van der Waals surface area contributed by atoms with Crippen LogP contribution >= 0.6 is 0 Å². The predicted molar refractivity (Wildman–Crippen MR) is 63.6 cm³/mol. The Labute approximate surface area is 100 Å². The fraction of sp³-hybridized carbons (Fsp3) is 0.500. The minimum atomic E-state index is -0.124. The molecule has 1 aromatic heterocycles. The average Bonchev–Trinajstić information content (AvgIpc) is 2.72. The number of H-pyrrole nitrogens is 1. The second-order valence-corrected chi connectivity index (χ2v) is 4.33. The van der Waals surface area contributed by atoms with Gasteiger partial charge in [0.2, 0.25) is 0 Å². The van der Waals surface area contributed by atoms with E-state index in [1.54, 1.807) is 13.0 Å². The van der Waals surface area contributed by atoms with Crippen molar-refractivity contribution in [2.24, 2.45) is 0 Å². The second-order valence-electron chi connectivity index (χ2n) is 4.33. The van der Waals surface area contributed by atoms with Crippen LogP contribution in [0.25, 0.3) is 0 Å². The normalized spacial score (nSPS) is 16.5. The largest absolute Gasteiger partial charge is 0.354 e. The number of rotatable bonds is 2. The maximum Gasteiger partial charge on any atom is 0.267 e. The Bertz CT molecular complexity index is 452. The molecule has 2 heterocycles. The number of hydrogen-bond donors (Lipinski definition) is 3. The van der Waals surface area contributed by atoms with Crippen molar-refractivity contribution < 1.29 is 4.79 Å². The van der Waals surface area contributed by atoms with Crippen molar-refractivity contribution in [1.82, 2.24) is 15.6 Å². The number of nitrogens with zero attached hydrogens (tertiary/aromatic N) is 1. The highest BCUT2D eigenvalue weighted by Crippen LogP contribution is 2.10. The lowest BCUT2D eigenvalue weighted by Crippen LogP contribution is -2.42. The SMILES string of the molecule is Cc1[nH]c(C(=O)NC2CCNCC2)cc1C#N. The van der Waals surface area contributed by atoms with Gasteiger partial charge in [-0.1, -0.05) is 0 Å². The van der Waals surface area contributed by atoms with Gasteiger partial charge in [0.15, 0.2) is 0 Å². The van der Waals surface area contributed by atoms with E-state index in [0.717, 1.165) is 31.6 Å². The highest BCUT2D eigenvalue weighted by Gasteiger charge is 2.18. The molecule has 1 saturated heterocycles. The molecule has 0 bridgehead atoms. The molecule has 1 amide bonds. The molecule has 0 unspecified atom stereocenters. The molecule has 0 spiro atoms. The van der Waals surface area contributed by atoms with E-state index in [9.17, 15) is 4.79 Å². The molecule has 1 aromatic rings. The third-order valence-electron chi connectivity index (χ3n) is 3.05. The quantitative estimate of drug-likeness (QED) is 0.701. The van der Waals surface area contributed by atoms with Gasteiger partial charge in [0.25, 0.3) is 5.91 Å². The molecule has 5 heteroatoms. The molecule has 1 fully saturated rings. The summed E-state index contributed by atoms with van der Waals surface area (Å²) in [6, 6.07) is 3.89. The first kappa shape index (κ1) is 11.7. The first-order valence-electron chi connectivity index (χ1n) is 5.82. The number of carbonyl (C=O) groups excluding carboxylic acids is 1. The first-order chi connectivity index (χ1) is 8.20. The van der Waals surface area contributed by atoms with Gasteiger partial charge in [-0.2, -0.15) is 5.26 Å². The molecule has 0 radical (unpaired) electrons. The maximum absolute atomic E-state index is 11.9. The van der Waals surface area contributed by atoms with Gasteiger partial charge in [-0.05, 0) is 38.9 Å². The fourth-order valence-corrected chi connectivity index (χ4v) is 2.03.